The molecule has 0 spiro atoms. The third-order valence-corrected chi connectivity index (χ3v) is 3.74. The van der Waals surface area contributed by atoms with Crippen LogP contribution in [0.3, 0.4) is 0 Å². The Hall–Kier alpha value is -1.23. The first-order valence-electron chi connectivity index (χ1n) is 7.54. The van der Waals surface area contributed by atoms with Gasteiger partial charge in [0.15, 0.2) is 0 Å². The standard InChI is InChI=1S/C16H23F3N2/c1-3-8-20-10-13-4-5-15(9-12(13)2)21(14-6-7-14)11-16(17,18)19/h4-5,9,14,20H,3,6-8,10-11H2,1-2H3. The molecule has 0 aliphatic heterocycles. The molecule has 2 nitrogen and oxygen atoms in total. The first kappa shape index (κ1) is 16.1. The molecule has 1 aliphatic carbocycles. The molecule has 0 heterocycles. The lowest BCUT2D eigenvalue weighted by Crippen LogP contribution is -2.36. The topological polar surface area (TPSA) is 15.3 Å². The Morgan fingerprint density at radius 1 is 1.29 bits per heavy atom. The molecule has 2 rings (SSSR count). The number of alkyl halides is 3. The summed E-state index contributed by atoms with van der Waals surface area (Å²) in [5.41, 5.74) is 2.88. The molecule has 1 aromatic carbocycles. The van der Waals surface area contributed by atoms with E-state index >= 15 is 0 Å². The molecule has 1 fully saturated rings. The van der Waals surface area contributed by atoms with E-state index < -0.39 is 12.7 Å². The Balaban J connectivity index is 2.09. The van der Waals surface area contributed by atoms with Gasteiger partial charge in [-0.15, -0.1) is 0 Å². The molecule has 0 amide bonds. The normalized spacial score (nSPS) is 15.3. The lowest BCUT2D eigenvalue weighted by Gasteiger charge is -2.26. The predicted octanol–water partition coefficient (Wildman–Crippen LogP) is 4.03. The minimum Gasteiger partial charge on any atom is -0.360 e. The van der Waals surface area contributed by atoms with Crippen LogP contribution in [0.5, 0.6) is 0 Å². The molecule has 118 valence electrons. The number of nitrogens with zero attached hydrogens (tertiary/aromatic N) is 1. The molecule has 0 saturated heterocycles. The highest BCUT2D eigenvalue weighted by Gasteiger charge is 2.38. The van der Waals surface area contributed by atoms with E-state index in [-0.39, 0.29) is 6.04 Å². The van der Waals surface area contributed by atoms with Crippen LogP contribution in [-0.4, -0.2) is 25.3 Å². The molecule has 21 heavy (non-hydrogen) atoms. The van der Waals surface area contributed by atoms with Gasteiger partial charge in [0.2, 0.25) is 0 Å². The molecule has 1 aromatic rings. The van der Waals surface area contributed by atoms with Crippen LogP contribution in [0, 0.1) is 6.92 Å². The summed E-state index contributed by atoms with van der Waals surface area (Å²) in [4.78, 5) is 1.50. The molecule has 1 aliphatic rings. The Morgan fingerprint density at radius 3 is 2.52 bits per heavy atom. The van der Waals surface area contributed by atoms with Crippen molar-refractivity contribution in [3.63, 3.8) is 0 Å². The largest absolute Gasteiger partial charge is 0.405 e. The highest BCUT2D eigenvalue weighted by molar-refractivity contribution is 5.52. The quantitative estimate of drug-likeness (QED) is 0.765. The monoisotopic (exact) mass is 300 g/mol. The molecule has 0 unspecified atom stereocenters. The fraction of sp³-hybridized carbons (Fsp3) is 0.625. The van der Waals surface area contributed by atoms with Gasteiger partial charge in [-0.3, -0.25) is 0 Å². The molecule has 0 aromatic heterocycles. The predicted molar refractivity (Wildman–Crippen MR) is 79.6 cm³/mol. The average Bonchev–Trinajstić information content (AvgIpc) is 3.21. The second-order valence-corrected chi connectivity index (χ2v) is 5.76. The van der Waals surface area contributed by atoms with E-state index in [1.165, 1.54) is 4.90 Å². The minimum absolute atomic E-state index is 0.0510. The SMILES string of the molecule is CCCNCc1ccc(N(CC(F)(F)F)C2CC2)cc1C. The zero-order valence-corrected chi connectivity index (χ0v) is 12.6. The van der Waals surface area contributed by atoms with E-state index in [4.69, 9.17) is 0 Å². The van der Waals surface area contributed by atoms with Gasteiger partial charge in [-0.25, -0.2) is 0 Å². The van der Waals surface area contributed by atoms with Crippen LogP contribution < -0.4 is 10.2 Å². The zero-order valence-electron chi connectivity index (χ0n) is 12.6. The lowest BCUT2D eigenvalue weighted by molar-refractivity contribution is -0.120. The van der Waals surface area contributed by atoms with E-state index in [2.05, 4.69) is 12.2 Å². The summed E-state index contributed by atoms with van der Waals surface area (Å²) in [6, 6.07) is 5.70. The first-order chi connectivity index (χ1) is 9.90. The summed E-state index contributed by atoms with van der Waals surface area (Å²) in [6.45, 7) is 4.93. The van der Waals surface area contributed by atoms with E-state index in [1.807, 2.05) is 25.1 Å². The van der Waals surface area contributed by atoms with Crippen molar-refractivity contribution in [3.05, 3.63) is 29.3 Å². The van der Waals surface area contributed by atoms with Gasteiger partial charge in [0.1, 0.15) is 6.54 Å². The van der Waals surface area contributed by atoms with Crippen LogP contribution in [0.2, 0.25) is 0 Å². The van der Waals surface area contributed by atoms with Crippen LogP contribution in [0.1, 0.15) is 37.3 Å². The highest BCUT2D eigenvalue weighted by Crippen LogP contribution is 2.35. The molecular weight excluding hydrogens is 277 g/mol. The maximum atomic E-state index is 12.7. The second kappa shape index (κ2) is 6.69. The first-order valence-corrected chi connectivity index (χ1v) is 7.54. The van der Waals surface area contributed by atoms with Crippen molar-refractivity contribution >= 4 is 5.69 Å². The molecular formula is C16H23F3N2. The number of hydrogen-bond donors (Lipinski definition) is 1. The number of benzene rings is 1. The lowest BCUT2D eigenvalue weighted by atomic mass is 10.1. The smallest absolute Gasteiger partial charge is 0.360 e. The number of halogens is 3. The van der Waals surface area contributed by atoms with Gasteiger partial charge in [-0.05, 0) is 56.0 Å². The Labute approximate surface area is 124 Å². The molecule has 0 atom stereocenters. The van der Waals surface area contributed by atoms with Crippen LogP contribution >= 0.6 is 0 Å². The van der Waals surface area contributed by atoms with E-state index in [0.29, 0.717) is 5.69 Å². The van der Waals surface area contributed by atoms with Gasteiger partial charge in [-0.1, -0.05) is 13.0 Å². The third-order valence-electron chi connectivity index (χ3n) is 3.74. The molecule has 0 radical (unpaired) electrons. The van der Waals surface area contributed by atoms with Crippen molar-refractivity contribution in [3.8, 4) is 0 Å². The minimum atomic E-state index is -4.15. The van der Waals surface area contributed by atoms with E-state index in [9.17, 15) is 13.2 Å². The maximum absolute atomic E-state index is 12.7. The average molecular weight is 300 g/mol. The zero-order chi connectivity index (χ0) is 15.5. The summed E-state index contributed by atoms with van der Waals surface area (Å²) in [7, 11) is 0. The molecule has 1 saturated carbocycles. The van der Waals surface area contributed by atoms with Gasteiger partial charge >= 0.3 is 6.18 Å². The van der Waals surface area contributed by atoms with Crippen LogP contribution in [-0.2, 0) is 6.54 Å². The van der Waals surface area contributed by atoms with Gasteiger partial charge < -0.3 is 10.2 Å². The van der Waals surface area contributed by atoms with Crippen LogP contribution in [0.25, 0.3) is 0 Å². The van der Waals surface area contributed by atoms with Gasteiger partial charge in [0.25, 0.3) is 0 Å². The van der Waals surface area contributed by atoms with Crippen LogP contribution in [0.4, 0.5) is 18.9 Å². The number of rotatable bonds is 7. The van der Waals surface area contributed by atoms with E-state index in [0.717, 1.165) is 43.5 Å². The van der Waals surface area contributed by atoms with Crippen LogP contribution in [0.15, 0.2) is 18.2 Å². The van der Waals surface area contributed by atoms with Crippen molar-refractivity contribution in [2.75, 3.05) is 18.0 Å². The van der Waals surface area contributed by atoms with Gasteiger partial charge in [0, 0.05) is 18.3 Å². The van der Waals surface area contributed by atoms with E-state index in [1.54, 1.807) is 0 Å². The Morgan fingerprint density at radius 2 is 2.00 bits per heavy atom. The van der Waals surface area contributed by atoms with Crippen molar-refractivity contribution in [2.45, 2.75) is 51.9 Å². The van der Waals surface area contributed by atoms with Crippen molar-refractivity contribution in [1.82, 2.24) is 5.32 Å². The summed E-state index contributed by atoms with van der Waals surface area (Å²) in [5.74, 6) is 0. The fourth-order valence-corrected chi connectivity index (χ4v) is 2.47. The Kier molecular flexibility index (Phi) is 5.14. The number of anilines is 1. The molecule has 5 heteroatoms. The van der Waals surface area contributed by atoms with Gasteiger partial charge in [0.05, 0.1) is 0 Å². The fourth-order valence-electron chi connectivity index (χ4n) is 2.47. The third kappa shape index (κ3) is 4.92. The number of aryl methyl sites for hydroxylation is 1. The second-order valence-electron chi connectivity index (χ2n) is 5.76. The van der Waals surface area contributed by atoms with Crippen molar-refractivity contribution in [1.29, 1.82) is 0 Å². The summed E-state index contributed by atoms with van der Waals surface area (Å²) in [5, 5.41) is 3.32. The highest BCUT2D eigenvalue weighted by atomic mass is 19.4. The summed E-state index contributed by atoms with van der Waals surface area (Å²) >= 11 is 0. The Bertz CT molecular complexity index is 467. The number of nitrogens with one attached hydrogen (secondary N) is 1. The number of hydrogen-bond acceptors (Lipinski definition) is 2. The van der Waals surface area contributed by atoms with Gasteiger partial charge in [-0.2, -0.15) is 13.2 Å². The maximum Gasteiger partial charge on any atom is 0.405 e. The van der Waals surface area contributed by atoms with Crippen molar-refractivity contribution < 1.29 is 13.2 Å². The molecule has 0 bridgehead atoms. The molecule has 1 N–H and O–H groups in total. The summed E-state index contributed by atoms with van der Waals surface area (Å²) < 4.78 is 38.1. The van der Waals surface area contributed by atoms with Crippen molar-refractivity contribution in [2.24, 2.45) is 0 Å². The summed E-state index contributed by atoms with van der Waals surface area (Å²) in [6.07, 6.45) is -1.38.